The van der Waals surface area contributed by atoms with Crippen LogP contribution in [0, 0.1) is 0 Å². The minimum atomic E-state index is -3.77. The summed E-state index contributed by atoms with van der Waals surface area (Å²) in [5.74, 6) is -0.392. The van der Waals surface area contributed by atoms with Gasteiger partial charge >= 0.3 is 6.09 Å². The molecular weight excluding hydrogens is 558 g/mol. The van der Waals surface area contributed by atoms with E-state index in [2.05, 4.69) is 15.4 Å². The minimum absolute atomic E-state index is 0.00860. The molecule has 216 valence electrons. The van der Waals surface area contributed by atoms with Gasteiger partial charge in [-0.2, -0.15) is 9.61 Å². The molecule has 4 aromatic rings. The average molecular weight is 588 g/mol. The highest BCUT2D eigenvalue weighted by Gasteiger charge is 2.48. The van der Waals surface area contributed by atoms with Crippen LogP contribution in [-0.4, -0.2) is 75.9 Å². The number of ether oxygens (including phenoxy) is 1. The fourth-order valence-corrected chi connectivity index (χ4v) is 7.73. The van der Waals surface area contributed by atoms with E-state index in [-0.39, 0.29) is 41.2 Å². The molecule has 3 aliphatic rings. The van der Waals surface area contributed by atoms with Gasteiger partial charge < -0.3 is 20.7 Å². The molecule has 3 aromatic heterocycles. The van der Waals surface area contributed by atoms with Crippen molar-refractivity contribution in [2.75, 3.05) is 18.6 Å². The van der Waals surface area contributed by atoms with Crippen molar-refractivity contribution in [1.82, 2.24) is 29.8 Å². The molecule has 12 nitrogen and oxygen atoms in total. The number of cyclic esters (lactones) is 1. The van der Waals surface area contributed by atoms with Gasteiger partial charge in [-0.3, -0.25) is 9.78 Å². The number of hydrogen-bond donors (Lipinski definition) is 2. The molecule has 3 fully saturated rings. The van der Waals surface area contributed by atoms with E-state index in [1.165, 1.54) is 4.52 Å². The maximum atomic E-state index is 13.3. The van der Waals surface area contributed by atoms with Crippen LogP contribution in [0.25, 0.3) is 28.0 Å². The van der Waals surface area contributed by atoms with E-state index in [4.69, 9.17) is 15.5 Å². The molecule has 3 saturated heterocycles. The molecule has 13 heteroatoms. The van der Waals surface area contributed by atoms with Crippen molar-refractivity contribution in [1.29, 1.82) is 0 Å². The molecule has 3 N–H and O–H groups in total. The Kier molecular flexibility index (Phi) is 6.15. The first-order valence-electron chi connectivity index (χ1n) is 13.8. The number of alkyl carbamates (subject to hydrolysis) is 1. The molecule has 3 aliphatic heterocycles. The topological polar surface area (TPSA) is 162 Å². The number of aromatic nitrogens is 4. The zero-order valence-corrected chi connectivity index (χ0v) is 23.6. The number of carbonyl (C=O) groups is 2. The van der Waals surface area contributed by atoms with Gasteiger partial charge in [0.2, 0.25) is 5.91 Å². The number of pyridine rings is 1. The Morgan fingerprint density at radius 2 is 1.79 bits per heavy atom. The van der Waals surface area contributed by atoms with Crippen molar-refractivity contribution in [2.24, 2.45) is 0 Å². The van der Waals surface area contributed by atoms with Crippen LogP contribution in [0.15, 0.2) is 59.8 Å². The fourth-order valence-electron chi connectivity index (χ4n) is 6.67. The number of amides is 2. The molecule has 42 heavy (non-hydrogen) atoms. The Labute approximate surface area is 241 Å². The van der Waals surface area contributed by atoms with E-state index in [0.29, 0.717) is 29.7 Å². The summed E-state index contributed by atoms with van der Waals surface area (Å²) in [4.78, 5) is 36.2. The summed E-state index contributed by atoms with van der Waals surface area (Å²) in [6, 6.07) is 12.8. The zero-order chi connectivity index (χ0) is 29.2. The predicted molar refractivity (Wildman–Crippen MR) is 153 cm³/mol. The van der Waals surface area contributed by atoms with Gasteiger partial charge in [0.25, 0.3) is 0 Å². The lowest BCUT2D eigenvalue weighted by Crippen LogP contribution is -2.53. The molecule has 6 heterocycles. The summed E-state index contributed by atoms with van der Waals surface area (Å²) < 4.78 is 32.5. The van der Waals surface area contributed by atoms with Gasteiger partial charge in [0.15, 0.2) is 15.5 Å². The Morgan fingerprint density at radius 3 is 2.40 bits per heavy atom. The lowest BCUT2D eigenvalue weighted by Gasteiger charge is -2.40. The third-order valence-corrected chi connectivity index (χ3v) is 9.68. The van der Waals surface area contributed by atoms with Crippen molar-refractivity contribution in [3.8, 4) is 22.4 Å². The second-order valence-electron chi connectivity index (χ2n) is 11.2. The van der Waals surface area contributed by atoms with Crippen LogP contribution in [0.3, 0.4) is 0 Å². The van der Waals surface area contributed by atoms with Gasteiger partial charge in [-0.1, -0.05) is 36.4 Å². The van der Waals surface area contributed by atoms with E-state index < -0.39 is 22.0 Å². The summed E-state index contributed by atoms with van der Waals surface area (Å²) in [5, 5.41) is 6.98. The fraction of sp³-hybridized carbons (Fsp3) is 0.345. The summed E-state index contributed by atoms with van der Waals surface area (Å²) in [5.41, 5.74) is 10.6. The second kappa shape index (κ2) is 9.79. The first-order chi connectivity index (χ1) is 20.2. The monoisotopic (exact) mass is 587 g/mol. The van der Waals surface area contributed by atoms with Crippen molar-refractivity contribution in [3.63, 3.8) is 0 Å². The number of benzene rings is 1. The van der Waals surface area contributed by atoms with Crippen LogP contribution in [-0.2, 0) is 19.4 Å². The number of nitrogens with zero attached hydrogens (tertiary/aromatic N) is 5. The Balaban J connectivity index is 1.26. The predicted octanol–water partition coefficient (Wildman–Crippen LogP) is 2.79. The molecular formula is C29H29N7O5S. The standard InChI is InChI=1S/C29H29N7O5S/c1-42(39,40)25-24(18-11-19-8-9-20(12-18)35(19)28(37)23-15-41-29(38)33-23)34-27-21(14-32-36(27)26(25)30)17-7-10-22(31-13-17)16-5-3-2-4-6-16/h2-7,10,13-14,18-20,23H,8-9,11-12,15,30H2,1H3,(H,33,38)/t18?,19-,20+,23?. The zero-order valence-electron chi connectivity index (χ0n) is 22.8. The van der Waals surface area contributed by atoms with Gasteiger partial charge in [0, 0.05) is 47.1 Å². The van der Waals surface area contributed by atoms with E-state index in [1.54, 1.807) is 12.4 Å². The molecule has 2 bridgehead atoms. The molecule has 2 unspecified atom stereocenters. The number of anilines is 1. The van der Waals surface area contributed by atoms with Crippen LogP contribution in [0.5, 0.6) is 0 Å². The number of nitrogens with two attached hydrogens (primary N) is 1. The molecule has 2 amide bonds. The largest absolute Gasteiger partial charge is 0.447 e. The van der Waals surface area contributed by atoms with E-state index in [1.807, 2.05) is 47.4 Å². The number of sulfone groups is 1. The van der Waals surface area contributed by atoms with Crippen LogP contribution in [0.4, 0.5) is 10.6 Å². The van der Waals surface area contributed by atoms with Crippen molar-refractivity contribution < 1.29 is 22.7 Å². The van der Waals surface area contributed by atoms with E-state index in [9.17, 15) is 18.0 Å². The number of nitrogen functional groups attached to an aromatic ring is 1. The number of hydrogen-bond acceptors (Lipinski definition) is 9. The van der Waals surface area contributed by atoms with Crippen molar-refractivity contribution in [2.45, 2.75) is 54.6 Å². The molecule has 0 saturated carbocycles. The summed E-state index contributed by atoms with van der Waals surface area (Å²) in [7, 11) is -3.77. The number of fused-ring (bicyclic) bond motifs is 3. The molecule has 7 rings (SSSR count). The second-order valence-corrected chi connectivity index (χ2v) is 13.1. The summed E-state index contributed by atoms with van der Waals surface area (Å²) in [6.07, 6.45) is 6.55. The Hall–Kier alpha value is -4.52. The average Bonchev–Trinajstić information content (AvgIpc) is 3.68. The minimum Gasteiger partial charge on any atom is -0.447 e. The number of nitrogens with one attached hydrogen (secondary N) is 1. The third kappa shape index (κ3) is 4.35. The van der Waals surface area contributed by atoms with Gasteiger partial charge in [-0.25, -0.2) is 18.2 Å². The lowest BCUT2D eigenvalue weighted by molar-refractivity contribution is -0.137. The number of piperidine rings is 1. The quantitative estimate of drug-likeness (QED) is 0.358. The Morgan fingerprint density at radius 1 is 1.05 bits per heavy atom. The highest BCUT2D eigenvalue weighted by Crippen LogP contribution is 2.45. The molecule has 0 aliphatic carbocycles. The smallest absolute Gasteiger partial charge is 0.407 e. The summed E-state index contributed by atoms with van der Waals surface area (Å²) >= 11 is 0. The SMILES string of the molecule is CS(=O)(=O)c1c(C2C[C@H]3CC[C@@H](C2)N3C(=O)C2COC(=O)N2)nc2c(-c3ccc(-c4ccccc4)nc3)cnn2c1N. The van der Waals surface area contributed by atoms with E-state index >= 15 is 0 Å². The van der Waals surface area contributed by atoms with Crippen molar-refractivity contribution >= 4 is 33.3 Å². The van der Waals surface area contributed by atoms with Gasteiger partial charge in [-0.05, 0) is 31.7 Å². The normalized spacial score (nSPS) is 23.6. The first-order valence-corrected chi connectivity index (χ1v) is 15.7. The molecule has 0 spiro atoms. The maximum Gasteiger partial charge on any atom is 0.407 e. The third-order valence-electron chi connectivity index (χ3n) is 8.52. The Bertz CT molecular complexity index is 1810. The first kappa shape index (κ1) is 26.4. The van der Waals surface area contributed by atoms with Crippen LogP contribution >= 0.6 is 0 Å². The van der Waals surface area contributed by atoms with Gasteiger partial charge in [-0.15, -0.1) is 0 Å². The van der Waals surface area contributed by atoms with Gasteiger partial charge in [0.1, 0.15) is 23.4 Å². The van der Waals surface area contributed by atoms with Crippen LogP contribution in [0.2, 0.25) is 0 Å². The number of rotatable bonds is 5. The molecule has 4 atom stereocenters. The highest BCUT2D eigenvalue weighted by molar-refractivity contribution is 7.91. The molecule has 0 radical (unpaired) electrons. The van der Waals surface area contributed by atoms with Crippen LogP contribution < -0.4 is 11.1 Å². The lowest BCUT2D eigenvalue weighted by atomic mass is 9.87. The van der Waals surface area contributed by atoms with Crippen LogP contribution in [0.1, 0.15) is 37.3 Å². The highest BCUT2D eigenvalue weighted by atomic mass is 32.2. The summed E-state index contributed by atoms with van der Waals surface area (Å²) in [6.45, 7) is 0.00912. The molecule has 1 aromatic carbocycles. The van der Waals surface area contributed by atoms with Gasteiger partial charge in [0.05, 0.1) is 17.6 Å². The van der Waals surface area contributed by atoms with Crippen molar-refractivity contribution in [3.05, 3.63) is 60.6 Å². The maximum absolute atomic E-state index is 13.3. The number of carbonyl (C=O) groups excluding carboxylic acids is 2. The van der Waals surface area contributed by atoms with E-state index in [0.717, 1.165) is 35.9 Å².